The third kappa shape index (κ3) is 5.17. The Hall–Kier alpha value is -2.97. The summed E-state index contributed by atoms with van der Waals surface area (Å²) in [6.07, 6.45) is -2.74. The summed E-state index contributed by atoms with van der Waals surface area (Å²) < 4.78 is 51.2. The number of amides is 1. The first kappa shape index (κ1) is 23.2. The highest BCUT2D eigenvalue weighted by atomic mass is 19.4. The quantitative estimate of drug-likeness (QED) is 0.706. The Morgan fingerprint density at radius 3 is 2.64 bits per heavy atom. The topological polar surface area (TPSA) is 63.7 Å². The Morgan fingerprint density at radius 2 is 1.91 bits per heavy atom. The minimum absolute atomic E-state index is 0.0854. The van der Waals surface area contributed by atoms with Crippen molar-refractivity contribution in [1.29, 1.82) is 0 Å². The minimum atomic E-state index is -4.53. The summed E-state index contributed by atoms with van der Waals surface area (Å²) in [5.74, 6) is 1.20. The number of alkyl halides is 3. The molecule has 2 aliphatic rings. The molecule has 6 nitrogen and oxygen atoms in total. The van der Waals surface area contributed by atoms with Gasteiger partial charge in [0.15, 0.2) is 11.5 Å². The van der Waals surface area contributed by atoms with Crippen LogP contribution in [0.1, 0.15) is 49.4 Å². The zero-order valence-corrected chi connectivity index (χ0v) is 18.7. The SMILES string of the molecule is CC1CCN(c2nc(C(F)(F)F)ccc2CNC(=O)C(C)c2cccc3c2OCCO3)CC1. The van der Waals surface area contributed by atoms with Crippen LogP contribution < -0.4 is 19.7 Å². The molecule has 1 saturated heterocycles. The number of carbonyl (C=O) groups is 1. The summed E-state index contributed by atoms with van der Waals surface area (Å²) in [7, 11) is 0. The molecule has 0 radical (unpaired) electrons. The van der Waals surface area contributed by atoms with Crippen molar-refractivity contribution < 1.29 is 27.4 Å². The van der Waals surface area contributed by atoms with E-state index in [0.717, 1.165) is 18.9 Å². The van der Waals surface area contributed by atoms with Crippen LogP contribution in [0.3, 0.4) is 0 Å². The van der Waals surface area contributed by atoms with Gasteiger partial charge in [0.25, 0.3) is 0 Å². The van der Waals surface area contributed by atoms with Crippen LogP contribution in [0.4, 0.5) is 19.0 Å². The van der Waals surface area contributed by atoms with Gasteiger partial charge in [-0.2, -0.15) is 13.2 Å². The second kappa shape index (κ2) is 9.49. The number of carbonyl (C=O) groups excluding carboxylic acids is 1. The summed E-state index contributed by atoms with van der Waals surface area (Å²) in [5, 5.41) is 2.87. The number of nitrogens with zero attached hydrogens (tertiary/aromatic N) is 2. The molecule has 1 unspecified atom stereocenters. The molecule has 1 aromatic heterocycles. The van der Waals surface area contributed by atoms with Gasteiger partial charge in [-0.1, -0.05) is 25.1 Å². The molecule has 4 rings (SSSR count). The van der Waals surface area contributed by atoms with Crippen molar-refractivity contribution in [2.75, 3.05) is 31.2 Å². The lowest BCUT2D eigenvalue weighted by molar-refractivity contribution is -0.141. The molecule has 0 spiro atoms. The summed E-state index contributed by atoms with van der Waals surface area (Å²) >= 11 is 0. The van der Waals surface area contributed by atoms with Crippen LogP contribution in [0.2, 0.25) is 0 Å². The fraction of sp³-hybridized carbons (Fsp3) is 0.500. The first-order valence-corrected chi connectivity index (χ1v) is 11.2. The Kier molecular flexibility index (Phi) is 6.67. The Bertz CT molecular complexity index is 1000. The number of aromatic nitrogens is 1. The van der Waals surface area contributed by atoms with E-state index >= 15 is 0 Å². The highest BCUT2D eigenvalue weighted by molar-refractivity contribution is 5.84. The number of halogens is 3. The van der Waals surface area contributed by atoms with Gasteiger partial charge in [0.1, 0.15) is 24.7 Å². The van der Waals surface area contributed by atoms with Crippen LogP contribution >= 0.6 is 0 Å². The summed E-state index contributed by atoms with van der Waals surface area (Å²) in [6, 6.07) is 7.80. The van der Waals surface area contributed by atoms with Crippen molar-refractivity contribution in [1.82, 2.24) is 10.3 Å². The minimum Gasteiger partial charge on any atom is -0.486 e. The van der Waals surface area contributed by atoms with Gasteiger partial charge in [-0.3, -0.25) is 4.79 Å². The summed E-state index contributed by atoms with van der Waals surface area (Å²) in [5.41, 5.74) is 0.348. The molecule has 1 N–H and O–H groups in total. The number of anilines is 1. The number of fused-ring (bicyclic) bond motifs is 1. The number of para-hydroxylation sites is 1. The monoisotopic (exact) mass is 463 g/mol. The van der Waals surface area contributed by atoms with E-state index in [2.05, 4.69) is 17.2 Å². The van der Waals surface area contributed by atoms with E-state index in [9.17, 15) is 18.0 Å². The number of hydrogen-bond donors (Lipinski definition) is 1. The third-order valence-electron chi connectivity index (χ3n) is 6.24. The Labute approximate surface area is 191 Å². The number of piperidine rings is 1. The molecule has 3 heterocycles. The average Bonchev–Trinajstić information content (AvgIpc) is 2.81. The number of hydrogen-bond acceptors (Lipinski definition) is 5. The lowest BCUT2D eigenvalue weighted by Gasteiger charge is -2.33. The molecule has 1 atom stereocenters. The zero-order chi connectivity index (χ0) is 23.6. The van der Waals surface area contributed by atoms with E-state index in [1.807, 2.05) is 17.0 Å². The molecule has 9 heteroatoms. The van der Waals surface area contributed by atoms with E-state index in [0.29, 0.717) is 60.7 Å². The largest absolute Gasteiger partial charge is 0.486 e. The standard InChI is InChI=1S/C24H28F3N3O3/c1-15-8-10-30(11-9-15)22-17(6-7-20(29-22)24(25,26)27)14-28-23(31)16(2)18-4-3-5-19-21(18)33-13-12-32-19/h3-7,15-16H,8-14H2,1-2H3,(H,28,31). The third-order valence-corrected chi connectivity index (χ3v) is 6.24. The van der Waals surface area contributed by atoms with Crippen LogP contribution in [0.25, 0.3) is 0 Å². The zero-order valence-electron chi connectivity index (χ0n) is 18.7. The van der Waals surface area contributed by atoms with Crippen LogP contribution in [0.5, 0.6) is 11.5 Å². The van der Waals surface area contributed by atoms with E-state index in [-0.39, 0.29) is 12.5 Å². The lowest BCUT2D eigenvalue weighted by Crippen LogP contribution is -2.35. The molecule has 2 aromatic rings. The van der Waals surface area contributed by atoms with E-state index in [4.69, 9.17) is 9.47 Å². The molecule has 0 saturated carbocycles. The molecule has 0 bridgehead atoms. The first-order chi connectivity index (χ1) is 15.7. The van der Waals surface area contributed by atoms with E-state index in [1.54, 1.807) is 13.0 Å². The second-order valence-corrected chi connectivity index (χ2v) is 8.66. The van der Waals surface area contributed by atoms with Gasteiger partial charge in [0.2, 0.25) is 5.91 Å². The van der Waals surface area contributed by atoms with Crippen molar-refractivity contribution >= 4 is 11.7 Å². The van der Waals surface area contributed by atoms with Crippen LogP contribution in [-0.4, -0.2) is 37.2 Å². The van der Waals surface area contributed by atoms with Crippen molar-refractivity contribution in [3.05, 3.63) is 47.2 Å². The van der Waals surface area contributed by atoms with Gasteiger partial charge >= 0.3 is 6.18 Å². The van der Waals surface area contributed by atoms with Crippen LogP contribution in [0, 0.1) is 5.92 Å². The van der Waals surface area contributed by atoms with Crippen molar-refractivity contribution in [3.63, 3.8) is 0 Å². The van der Waals surface area contributed by atoms with Gasteiger partial charge in [0.05, 0.1) is 5.92 Å². The van der Waals surface area contributed by atoms with Crippen molar-refractivity contribution in [2.45, 2.75) is 45.3 Å². The Morgan fingerprint density at radius 1 is 1.18 bits per heavy atom. The van der Waals surface area contributed by atoms with E-state index in [1.165, 1.54) is 6.07 Å². The molecule has 0 aliphatic carbocycles. The van der Waals surface area contributed by atoms with Gasteiger partial charge in [-0.25, -0.2) is 4.98 Å². The predicted molar refractivity (Wildman–Crippen MR) is 118 cm³/mol. The maximum Gasteiger partial charge on any atom is 0.433 e. The van der Waals surface area contributed by atoms with Crippen LogP contribution in [0.15, 0.2) is 30.3 Å². The molecule has 33 heavy (non-hydrogen) atoms. The molecule has 1 amide bonds. The maximum atomic E-state index is 13.3. The van der Waals surface area contributed by atoms with Gasteiger partial charge in [0, 0.05) is 30.8 Å². The highest BCUT2D eigenvalue weighted by Gasteiger charge is 2.34. The molecule has 2 aliphatic heterocycles. The van der Waals surface area contributed by atoms with Crippen molar-refractivity contribution in [3.8, 4) is 11.5 Å². The lowest BCUT2D eigenvalue weighted by atomic mass is 9.98. The molecule has 178 valence electrons. The predicted octanol–water partition coefficient (Wildman–Crippen LogP) is 4.53. The van der Waals surface area contributed by atoms with Gasteiger partial charge in [-0.15, -0.1) is 0 Å². The van der Waals surface area contributed by atoms with E-state index < -0.39 is 17.8 Å². The maximum absolute atomic E-state index is 13.3. The fourth-order valence-electron chi connectivity index (χ4n) is 4.18. The normalized spacial score (nSPS) is 17.5. The smallest absolute Gasteiger partial charge is 0.433 e. The first-order valence-electron chi connectivity index (χ1n) is 11.2. The summed E-state index contributed by atoms with van der Waals surface area (Å²) in [4.78, 5) is 18.8. The van der Waals surface area contributed by atoms with Crippen LogP contribution in [-0.2, 0) is 17.5 Å². The molecular formula is C24H28F3N3O3. The van der Waals surface area contributed by atoms with Gasteiger partial charge in [-0.05, 0) is 37.8 Å². The van der Waals surface area contributed by atoms with Gasteiger partial charge < -0.3 is 19.7 Å². The average molecular weight is 464 g/mol. The number of rotatable bonds is 5. The number of nitrogens with one attached hydrogen (secondary N) is 1. The molecule has 1 aromatic carbocycles. The summed E-state index contributed by atoms with van der Waals surface area (Å²) in [6.45, 7) is 6.13. The fourth-order valence-corrected chi connectivity index (χ4v) is 4.18. The van der Waals surface area contributed by atoms with Crippen molar-refractivity contribution in [2.24, 2.45) is 5.92 Å². The second-order valence-electron chi connectivity index (χ2n) is 8.66. The molecule has 1 fully saturated rings. The highest BCUT2D eigenvalue weighted by Crippen LogP contribution is 2.38. The Balaban J connectivity index is 1.52. The number of benzene rings is 1. The number of pyridine rings is 1. The number of ether oxygens (including phenoxy) is 2. The molecular weight excluding hydrogens is 435 g/mol.